The van der Waals surface area contributed by atoms with Crippen molar-refractivity contribution in [1.29, 1.82) is 0 Å². The van der Waals surface area contributed by atoms with Crippen molar-refractivity contribution in [3.05, 3.63) is 18.5 Å². The highest BCUT2D eigenvalue weighted by Gasteiger charge is 2.60. The Labute approximate surface area is 168 Å². The van der Waals surface area contributed by atoms with E-state index >= 15 is 0 Å². The lowest BCUT2D eigenvalue weighted by molar-refractivity contribution is -0.140. The Morgan fingerprint density at radius 3 is 2.18 bits per heavy atom. The van der Waals surface area contributed by atoms with Gasteiger partial charge in [-0.2, -0.15) is 0 Å². The highest BCUT2D eigenvalue weighted by atomic mass is 16.2. The third kappa shape index (κ3) is 3.09. The quantitative estimate of drug-likeness (QED) is 0.545. The normalized spacial score (nSPS) is 38.7. The molecule has 28 heavy (non-hydrogen) atoms. The van der Waals surface area contributed by atoms with E-state index in [0.717, 1.165) is 51.5 Å². The first-order valence-electron chi connectivity index (χ1n) is 11.7. The van der Waals surface area contributed by atoms with Gasteiger partial charge in [0, 0.05) is 47.9 Å². The predicted molar refractivity (Wildman–Crippen MR) is 104 cm³/mol. The van der Waals surface area contributed by atoms with Gasteiger partial charge in [0.05, 0.1) is 11.8 Å². The molecule has 3 heterocycles. The molecule has 2 aliphatic carbocycles. The second-order valence-corrected chi connectivity index (χ2v) is 8.41. The summed E-state index contributed by atoms with van der Waals surface area (Å²) in [6.07, 6.45) is 4.99. The summed E-state index contributed by atoms with van der Waals surface area (Å²) in [7, 11) is 0. The average molecular weight is 386 g/mol. The minimum Gasteiger partial charge on any atom is -0.338 e. The lowest BCUT2D eigenvalue weighted by atomic mass is 9.81. The lowest BCUT2D eigenvalue weighted by Gasteiger charge is -2.34. The second-order valence-electron chi connectivity index (χ2n) is 8.41. The molecule has 1 aromatic heterocycles. The third-order valence-corrected chi connectivity index (χ3v) is 6.87. The first-order chi connectivity index (χ1) is 14.6. The summed E-state index contributed by atoms with van der Waals surface area (Å²) in [6, 6.07) is 1.82. The number of rotatable bonds is 6. The number of aromatic nitrogens is 2. The Kier molecular flexibility index (Phi) is 4.20. The van der Waals surface area contributed by atoms with Gasteiger partial charge < -0.3 is 4.90 Å². The maximum Gasteiger partial charge on any atom is 0.233 e. The van der Waals surface area contributed by atoms with Gasteiger partial charge >= 0.3 is 0 Å². The molecule has 2 saturated carbocycles. The molecule has 4 fully saturated rings. The first kappa shape index (κ1) is 15.9. The lowest BCUT2D eigenvalue weighted by Crippen LogP contribution is -2.47. The number of likely N-dealkylation sites (tertiary alicyclic amines) is 1. The number of nitrogens with zero attached hydrogens (tertiary/aromatic N) is 5. The third-order valence-electron chi connectivity index (χ3n) is 6.87. The maximum atomic E-state index is 12.8. The summed E-state index contributed by atoms with van der Waals surface area (Å²) < 4.78 is 16.3. The molecule has 0 spiro atoms. The summed E-state index contributed by atoms with van der Waals surface area (Å²) >= 11 is 0. The SMILES string of the molecule is [2H]C1C([2H])[C@@H]2C[C@@H]1[C@@H]1C(=O)N(CCCCN3CCN(c4ncccn4)CC3)C(=O)[C@@H]12. The van der Waals surface area contributed by atoms with E-state index in [9.17, 15) is 9.59 Å². The number of anilines is 1. The molecule has 2 aliphatic heterocycles. The standard InChI is InChI=1S/C21H29N5O2/c27-19-17-15-4-5-16(14-15)18(17)20(28)26(19)9-2-1-8-24-10-12-25(13-11-24)21-22-6-3-7-23-21/h3,6-7,15-18H,1-2,4-5,8-14H2/t15-,16-,17-,18+/m1/s1/i4D,5D/t4?,5?,15-,16-,17-,18+. The van der Waals surface area contributed by atoms with Gasteiger partial charge in [0.25, 0.3) is 0 Å². The number of hydrogen-bond donors (Lipinski definition) is 0. The Hall–Kier alpha value is -2.02. The summed E-state index contributed by atoms with van der Waals surface area (Å²) in [5.74, 6) is -0.175. The van der Waals surface area contributed by atoms with Crippen molar-refractivity contribution in [3.8, 4) is 0 Å². The van der Waals surface area contributed by atoms with E-state index < -0.39 is 12.8 Å². The molecule has 150 valence electrons. The fraction of sp³-hybridized carbons (Fsp3) is 0.714. The molecule has 2 amide bonds. The van der Waals surface area contributed by atoms with Crippen molar-refractivity contribution in [3.63, 3.8) is 0 Å². The summed E-state index contributed by atoms with van der Waals surface area (Å²) in [5, 5.41) is 0. The van der Waals surface area contributed by atoms with Crippen LogP contribution in [0.1, 0.15) is 34.8 Å². The van der Waals surface area contributed by atoms with Gasteiger partial charge in [0.15, 0.2) is 0 Å². The van der Waals surface area contributed by atoms with Crippen LogP contribution in [-0.2, 0) is 9.59 Å². The zero-order valence-corrected chi connectivity index (χ0v) is 16.1. The van der Waals surface area contributed by atoms with Crippen molar-refractivity contribution < 1.29 is 12.3 Å². The summed E-state index contributed by atoms with van der Waals surface area (Å²) in [5.41, 5.74) is 0. The number of amides is 2. The van der Waals surface area contributed by atoms with Crippen LogP contribution in [0, 0.1) is 23.7 Å². The fourth-order valence-corrected chi connectivity index (χ4v) is 5.42. The van der Waals surface area contributed by atoms with Gasteiger partial charge in [-0.05, 0) is 56.5 Å². The molecule has 5 rings (SSSR count). The molecule has 7 heteroatoms. The molecule has 6 atom stereocenters. The van der Waals surface area contributed by atoms with Crippen molar-refractivity contribution in [2.24, 2.45) is 23.7 Å². The van der Waals surface area contributed by atoms with Crippen LogP contribution in [0.2, 0.25) is 0 Å². The predicted octanol–water partition coefficient (Wildman–Crippen LogP) is 1.41. The highest BCUT2D eigenvalue weighted by molar-refractivity contribution is 6.06. The number of hydrogen-bond acceptors (Lipinski definition) is 6. The van der Waals surface area contributed by atoms with Gasteiger partial charge in [-0.1, -0.05) is 0 Å². The van der Waals surface area contributed by atoms with Gasteiger partial charge in [0.1, 0.15) is 0 Å². The van der Waals surface area contributed by atoms with Gasteiger partial charge in [0.2, 0.25) is 17.8 Å². The molecule has 7 nitrogen and oxygen atoms in total. The van der Waals surface area contributed by atoms with E-state index in [1.165, 1.54) is 4.90 Å². The van der Waals surface area contributed by atoms with E-state index in [1.54, 1.807) is 12.4 Å². The fourth-order valence-electron chi connectivity index (χ4n) is 5.42. The minimum atomic E-state index is -0.507. The summed E-state index contributed by atoms with van der Waals surface area (Å²) in [6.45, 7) is 5.17. The Morgan fingerprint density at radius 1 is 0.929 bits per heavy atom. The van der Waals surface area contributed by atoms with Crippen LogP contribution in [0.5, 0.6) is 0 Å². The smallest absolute Gasteiger partial charge is 0.233 e. The topological polar surface area (TPSA) is 69.6 Å². The van der Waals surface area contributed by atoms with Gasteiger partial charge in [-0.25, -0.2) is 9.97 Å². The van der Waals surface area contributed by atoms with E-state index in [-0.39, 0.29) is 35.5 Å². The molecule has 0 N–H and O–H groups in total. The van der Waals surface area contributed by atoms with Crippen LogP contribution in [0.4, 0.5) is 5.95 Å². The van der Waals surface area contributed by atoms with Crippen molar-refractivity contribution in [2.45, 2.75) is 32.1 Å². The summed E-state index contributed by atoms with van der Waals surface area (Å²) in [4.78, 5) is 40.4. The van der Waals surface area contributed by atoms with E-state index in [1.807, 2.05) is 6.07 Å². The number of piperazine rings is 1. The van der Waals surface area contributed by atoms with Crippen molar-refractivity contribution >= 4 is 17.8 Å². The van der Waals surface area contributed by atoms with Crippen LogP contribution in [0.3, 0.4) is 0 Å². The number of carbonyl (C=O) groups is 2. The Balaban J connectivity index is 1.07. The van der Waals surface area contributed by atoms with Crippen molar-refractivity contribution in [2.75, 3.05) is 44.2 Å². The van der Waals surface area contributed by atoms with Crippen LogP contribution in [-0.4, -0.2) is 70.9 Å². The Morgan fingerprint density at radius 2 is 1.54 bits per heavy atom. The number of unbranched alkanes of at least 4 members (excludes halogenated alkanes) is 1. The van der Waals surface area contributed by atoms with E-state index in [4.69, 9.17) is 2.74 Å². The molecule has 2 unspecified atom stereocenters. The molecule has 2 bridgehead atoms. The molecule has 2 saturated heterocycles. The van der Waals surface area contributed by atoms with Gasteiger partial charge in [-0.3, -0.25) is 19.4 Å². The van der Waals surface area contributed by atoms with Crippen molar-refractivity contribution in [1.82, 2.24) is 19.8 Å². The molecule has 0 aromatic carbocycles. The average Bonchev–Trinajstić information content (AvgIpc) is 3.38. The molecule has 1 aromatic rings. The Bertz CT molecular complexity index is 772. The van der Waals surface area contributed by atoms with E-state index in [0.29, 0.717) is 13.0 Å². The molecule has 4 aliphatic rings. The zero-order chi connectivity index (χ0) is 20.8. The first-order valence-corrected chi connectivity index (χ1v) is 10.5. The van der Waals surface area contributed by atoms with Crippen LogP contribution < -0.4 is 4.90 Å². The number of fused-ring (bicyclic) bond motifs is 5. The highest BCUT2D eigenvalue weighted by Crippen LogP contribution is 2.56. The molecule has 0 radical (unpaired) electrons. The number of carbonyl (C=O) groups excluding carboxylic acids is 2. The monoisotopic (exact) mass is 385 g/mol. The van der Waals surface area contributed by atoms with Crippen LogP contribution in [0.15, 0.2) is 18.5 Å². The van der Waals surface area contributed by atoms with E-state index in [2.05, 4.69) is 19.8 Å². The second kappa shape index (κ2) is 7.43. The largest absolute Gasteiger partial charge is 0.338 e. The number of imide groups is 1. The minimum absolute atomic E-state index is 0.0712. The zero-order valence-electron chi connectivity index (χ0n) is 18.1. The molecular formula is C21H29N5O2. The maximum absolute atomic E-state index is 12.8. The van der Waals surface area contributed by atoms with Crippen LogP contribution >= 0.6 is 0 Å². The molecular weight excluding hydrogens is 354 g/mol. The van der Waals surface area contributed by atoms with Crippen LogP contribution in [0.25, 0.3) is 0 Å². The van der Waals surface area contributed by atoms with Gasteiger partial charge in [-0.15, -0.1) is 0 Å².